The average molecular weight is 479 g/mol. The summed E-state index contributed by atoms with van der Waals surface area (Å²) in [6, 6.07) is 9.52. The number of hydrogen-bond acceptors (Lipinski definition) is 5. The van der Waals surface area contributed by atoms with Gasteiger partial charge in [0.2, 0.25) is 5.90 Å². The number of methoxy groups -OCH3 is 1. The Labute approximate surface area is 169 Å². The molecule has 0 fully saturated rings. The van der Waals surface area contributed by atoms with E-state index in [4.69, 9.17) is 14.2 Å². The van der Waals surface area contributed by atoms with E-state index >= 15 is 0 Å². The maximum Gasteiger partial charge on any atom is 0.363 e. The van der Waals surface area contributed by atoms with Crippen LogP contribution in [-0.2, 0) is 9.53 Å². The van der Waals surface area contributed by atoms with Crippen LogP contribution in [0.5, 0.6) is 11.5 Å². The van der Waals surface area contributed by atoms with Crippen LogP contribution in [0.4, 0.5) is 4.39 Å². The van der Waals surface area contributed by atoms with Gasteiger partial charge in [0.05, 0.1) is 16.2 Å². The Morgan fingerprint density at radius 1 is 1.33 bits per heavy atom. The van der Waals surface area contributed by atoms with E-state index in [0.29, 0.717) is 23.7 Å². The number of hydrogen-bond donors (Lipinski definition) is 0. The van der Waals surface area contributed by atoms with Crippen molar-refractivity contribution in [3.05, 3.63) is 75.3 Å². The van der Waals surface area contributed by atoms with Gasteiger partial charge in [-0.25, -0.2) is 14.2 Å². The highest BCUT2D eigenvalue weighted by atomic mass is 127. The van der Waals surface area contributed by atoms with Crippen LogP contribution in [0.15, 0.2) is 59.7 Å². The summed E-state index contributed by atoms with van der Waals surface area (Å²) in [4.78, 5) is 16.3. The molecule has 0 aromatic heterocycles. The van der Waals surface area contributed by atoms with Gasteiger partial charge in [-0.05, 0) is 58.5 Å². The van der Waals surface area contributed by atoms with Crippen LogP contribution in [0.25, 0.3) is 6.08 Å². The Kier molecular flexibility index (Phi) is 5.90. The van der Waals surface area contributed by atoms with Gasteiger partial charge < -0.3 is 14.2 Å². The standard InChI is InChI=1S/C20H15FINO4/c1-3-8-26-18-15(22)9-12(11-17(18)25-2)10-16-20(24)27-19(23-16)13-6-4-5-7-14(13)21/h3-7,9-11H,1,8H2,2H3/b16-10-. The molecule has 1 aliphatic heterocycles. The molecule has 0 radical (unpaired) electrons. The molecular formula is C20H15FINO4. The number of carbonyl (C=O) groups is 1. The first kappa shape index (κ1) is 19.1. The zero-order valence-corrected chi connectivity index (χ0v) is 16.5. The molecule has 3 rings (SSSR count). The Hall–Kier alpha value is -2.68. The van der Waals surface area contributed by atoms with Gasteiger partial charge in [-0.2, -0.15) is 0 Å². The third kappa shape index (κ3) is 4.19. The van der Waals surface area contributed by atoms with Crippen LogP contribution in [0, 0.1) is 9.39 Å². The summed E-state index contributed by atoms with van der Waals surface area (Å²) in [5.74, 6) is -0.110. The first-order valence-corrected chi connectivity index (χ1v) is 9.00. The molecule has 0 amide bonds. The minimum absolute atomic E-state index is 0.0584. The molecule has 0 N–H and O–H groups in total. The second-order valence-electron chi connectivity index (χ2n) is 5.45. The quantitative estimate of drug-likeness (QED) is 0.268. The summed E-state index contributed by atoms with van der Waals surface area (Å²) >= 11 is 2.11. The fraction of sp³-hybridized carbons (Fsp3) is 0.100. The molecule has 7 heteroatoms. The lowest BCUT2D eigenvalue weighted by Crippen LogP contribution is -2.07. The third-order valence-corrected chi connectivity index (χ3v) is 4.43. The molecule has 5 nitrogen and oxygen atoms in total. The number of benzene rings is 2. The number of esters is 1. The Morgan fingerprint density at radius 3 is 2.81 bits per heavy atom. The second kappa shape index (κ2) is 8.34. The number of rotatable bonds is 6. The maximum atomic E-state index is 13.9. The fourth-order valence-electron chi connectivity index (χ4n) is 2.42. The highest BCUT2D eigenvalue weighted by Crippen LogP contribution is 2.35. The number of nitrogens with zero attached hydrogens (tertiary/aromatic N) is 1. The minimum atomic E-state index is -0.644. The maximum absolute atomic E-state index is 13.9. The first-order chi connectivity index (χ1) is 13.0. The summed E-state index contributed by atoms with van der Waals surface area (Å²) in [6.07, 6.45) is 3.19. The van der Waals surface area contributed by atoms with Gasteiger partial charge >= 0.3 is 5.97 Å². The van der Waals surface area contributed by atoms with E-state index in [9.17, 15) is 9.18 Å². The highest BCUT2D eigenvalue weighted by Gasteiger charge is 2.26. The second-order valence-corrected chi connectivity index (χ2v) is 6.61. The van der Waals surface area contributed by atoms with E-state index in [1.165, 1.54) is 19.2 Å². The number of aliphatic imine (C=N–C) groups is 1. The number of carbonyl (C=O) groups excluding carboxylic acids is 1. The predicted octanol–water partition coefficient (Wildman–Crippen LogP) is 4.35. The van der Waals surface area contributed by atoms with Gasteiger partial charge in [0.15, 0.2) is 17.2 Å². The van der Waals surface area contributed by atoms with Crippen LogP contribution in [-0.4, -0.2) is 25.6 Å². The van der Waals surface area contributed by atoms with E-state index in [1.54, 1.807) is 30.4 Å². The monoisotopic (exact) mass is 479 g/mol. The average Bonchev–Trinajstić information content (AvgIpc) is 3.01. The van der Waals surface area contributed by atoms with Crippen molar-refractivity contribution in [3.8, 4) is 11.5 Å². The Morgan fingerprint density at radius 2 is 2.11 bits per heavy atom. The van der Waals surface area contributed by atoms with Crippen LogP contribution in [0.2, 0.25) is 0 Å². The van der Waals surface area contributed by atoms with Crippen molar-refractivity contribution in [1.29, 1.82) is 0 Å². The van der Waals surface area contributed by atoms with Crippen molar-refractivity contribution < 1.29 is 23.4 Å². The summed E-state index contributed by atoms with van der Waals surface area (Å²) < 4.78 is 30.8. The third-order valence-electron chi connectivity index (χ3n) is 3.63. The van der Waals surface area contributed by atoms with Crippen molar-refractivity contribution in [2.45, 2.75) is 0 Å². The number of ether oxygens (including phenoxy) is 3. The molecule has 1 heterocycles. The Bertz CT molecular complexity index is 968. The molecular weight excluding hydrogens is 464 g/mol. The molecule has 138 valence electrons. The molecule has 2 aromatic rings. The molecule has 27 heavy (non-hydrogen) atoms. The van der Waals surface area contributed by atoms with Crippen molar-refractivity contribution in [2.24, 2.45) is 4.99 Å². The van der Waals surface area contributed by atoms with Crippen LogP contribution in [0.1, 0.15) is 11.1 Å². The van der Waals surface area contributed by atoms with Gasteiger partial charge in [0.25, 0.3) is 0 Å². The van der Waals surface area contributed by atoms with Gasteiger partial charge in [-0.1, -0.05) is 24.8 Å². The molecule has 0 unspecified atom stereocenters. The molecule has 0 aliphatic carbocycles. The van der Waals surface area contributed by atoms with E-state index in [2.05, 4.69) is 34.2 Å². The van der Waals surface area contributed by atoms with Crippen molar-refractivity contribution >= 4 is 40.5 Å². The fourth-order valence-corrected chi connectivity index (χ4v) is 3.20. The molecule has 1 aliphatic rings. The van der Waals surface area contributed by atoms with E-state index in [0.717, 1.165) is 3.57 Å². The van der Waals surface area contributed by atoms with Crippen LogP contribution >= 0.6 is 22.6 Å². The largest absolute Gasteiger partial charge is 0.493 e. The summed E-state index contributed by atoms with van der Waals surface area (Å²) in [5.41, 5.74) is 0.883. The van der Waals surface area contributed by atoms with E-state index in [1.807, 2.05) is 6.07 Å². The smallest absolute Gasteiger partial charge is 0.363 e. The highest BCUT2D eigenvalue weighted by molar-refractivity contribution is 14.1. The topological polar surface area (TPSA) is 57.1 Å². The van der Waals surface area contributed by atoms with E-state index < -0.39 is 11.8 Å². The minimum Gasteiger partial charge on any atom is -0.493 e. The van der Waals surface area contributed by atoms with Crippen molar-refractivity contribution in [2.75, 3.05) is 13.7 Å². The molecule has 0 saturated carbocycles. The van der Waals surface area contributed by atoms with Crippen molar-refractivity contribution in [3.63, 3.8) is 0 Å². The SMILES string of the molecule is C=CCOc1c(I)cc(/C=C2\N=C(c3ccccc3F)OC2=O)cc1OC. The molecule has 0 atom stereocenters. The van der Waals surface area contributed by atoms with Gasteiger partial charge in [0, 0.05) is 0 Å². The predicted molar refractivity (Wildman–Crippen MR) is 108 cm³/mol. The molecule has 0 saturated heterocycles. The Balaban J connectivity index is 1.96. The van der Waals surface area contributed by atoms with Crippen molar-refractivity contribution in [1.82, 2.24) is 0 Å². The lowest BCUT2D eigenvalue weighted by molar-refractivity contribution is -0.129. The summed E-state index contributed by atoms with van der Waals surface area (Å²) in [7, 11) is 1.53. The summed E-state index contributed by atoms with van der Waals surface area (Å²) in [6.45, 7) is 3.97. The molecule has 2 aromatic carbocycles. The normalized spacial score (nSPS) is 14.7. The van der Waals surface area contributed by atoms with Crippen LogP contribution < -0.4 is 9.47 Å². The van der Waals surface area contributed by atoms with Crippen LogP contribution in [0.3, 0.4) is 0 Å². The van der Waals surface area contributed by atoms with Gasteiger partial charge in [0.1, 0.15) is 12.4 Å². The number of cyclic esters (lactones) is 1. The first-order valence-electron chi connectivity index (χ1n) is 7.92. The molecule has 0 bridgehead atoms. The zero-order chi connectivity index (χ0) is 19.4. The number of halogens is 2. The summed E-state index contributed by atoms with van der Waals surface area (Å²) in [5, 5.41) is 0. The van der Waals surface area contributed by atoms with E-state index in [-0.39, 0.29) is 17.2 Å². The zero-order valence-electron chi connectivity index (χ0n) is 14.4. The lowest BCUT2D eigenvalue weighted by Gasteiger charge is -2.12. The van der Waals surface area contributed by atoms with Gasteiger partial charge in [-0.15, -0.1) is 0 Å². The molecule has 0 spiro atoms. The van der Waals surface area contributed by atoms with Gasteiger partial charge in [-0.3, -0.25) is 0 Å². The lowest BCUT2D eigenvalue weighted by atomic mass is 10.1.